The maximum atomic E-state index is 2.25. The minimum absolute atomic E-state index is 1.24. The van der Waals surface area contributed by atoms with Gasteiger partial charge in [-0.15, -0.1) is 0 Å². The van der Waals surface area contributed by atoms with Gasteiger partial charge in [0.2, 0.25) is 0 Å². The molecule has 1 heteroatoms. The van der Waals surface area contributed by atoms with Gasteiger partial charge in [0.25, 0.3) is 0 Å². The molecule has 3 aromatic rings. The summed E-state index contributed by atoms with van der Waals surface area (Å²) in [4.78, 5) is 0. The summed E-state index contributed by atoms with van der Waals surface area (Å²) in [6.45, 7) is 4.31. The Hall–Kier alpha value is -2.02. The van der Waals surface area contributed by atoms with E-state index in [2.05, 4.69) is 73.1 Å². The van der Waals surface area contributed by atoms with Crippen molar-refractivity contribution < 1.29 is 0 Å². The van der Waals surface area contributed by atoms with Gasteiger partial charge in [0, 0.05) is 23.5 Å². The van der Waals surface area contributed by atoms with E-state index >= 15 is 0 Å². The minimum atomic E-state index is 1.24. The van der Waals surface area contributed by atoms with Gasteiger partial charge in [0.15, 0.2) is 0 Å². The molecule has 0 N–H and O–H groups in total. The molecule has 17 heavy (non-hydrogen) atoms. The monoisotopic (exact) mass is 221 g/mol. The van der Waals surface area contributed by atoms with Crippen LogP contribution in [-0.2, 0) is 0 Å². The zero-order valence-corrected chi connectivity index (χ0v) is 10.1. The van der Waals surface area contributed by atoms with Crippen LogP contribution in [0, 0.1) is 13.8 Å². The number of aryl methyl sites for hydroxylation is 2. The molecule has 0 aliphatic rings. The van der Waals surface area contributed by atoms with Crippen molar-refractivity contribution in [2.24, 2.45) is 0 Å². The second-order valence-electron chi connectivity index (χ2n) is 4.56. The Bertz CT molecular complexity index is 644. The first-order chi connectivity index (χ1) is 8.24. The minimum Gasteiger partial charge on any atom is -0.323 e. The maximum absolute atomic E-state index is 2.25. The lowest BCUT2D eigenvalue weighted by atomic mass is 10.0. The highest BCUT2D eigenvalue weighted by Crippen LogP contribution is 2.24. The molecule has 0 amide bonds. The van der Waals surface area contributed by atoms with Crippen molar-refractivity contribution in [1.29, 1.82) is 0 Å². The zero-order chi connectivity index (χ0) is 11.8. The molecule has 3 rings (SSSR count). The van der Waals surface area contributed by atoms with Crippen LogP contribution in [0.25, 0.3) is 16.6 Å². The molecule has 0 spiro atoms. The highest BCUT2D eigenvalue weighted by Gasteiger charge is 2.02. The van der Waals surface area contributed by atoms with Gasteiger partial charge in [0.05, 0.1) is 0 Å². The van der Waals surface area contributed by atoms with Crippen LogP contribution >= 0.6 is 0 Å². The van der Waals surface area contributed by atoms with Crippen molar-refractivity contribution in [1.82, 2.24) is 4.40 Å². The molecule has 2 aromatic heterocycles. The van der Waals surface area contributed by atoms with E-state index in [0.29, 0.717) is 0 Å². The van der Waals surface area contributed by atoms with E-state index in [1.165, 1.54) is 27.8 Å². The molecule has 1 nitrogen and oxygen atoms in total. The van der Waals surface area contributed by atoms with Crippen LogP contribution < -0.4 is 0 Å². The van der Waals surface area contributed by atoms with Crippen LogP contribution in [0.5, 0.6) is 0 Å². The summed E-state index contributed by atoms with van der Waals surface area (Å²) in [5, 5.41) is 0. The Kier molecular flexibility index (Phi) is 2.25. The summed E-state index contributed by atoms with van der Waals surface area (Å²) in [6.07, 6.45) is 4.26. The number of hydrogen-bond donors (Lipinski definition) is 0. The first kappa shape index (κ1) is 10.2. The van der Waals surface area contributed by atoms with Gasteiger partial charge in [-0.3, -0.25) is 0 Å². The molecule has 1 aromatic carbocycles. The molecule has 0 radical (unpaired) electrons. The molecule has 0 bridgehead atoms. The van der Waals surface area contributed by atoms with E-state index in [-0.39, 0.29) is 0 Å². The number of pyridine rings is 1. The smallest absolute Gasteiger partial charge is 0.0456 e. The topological polar surface area (TPSA) is 4.41 Å². The lowest BCUT2D eigenvalue weighted by Crippen LogP contribution is -1.82. The third kappa shape index (κ3) is 1.74. The van der Waals surface area contributed by atoms with Crippen LogP contribution in [-0.4, -0.2) is 4.40 Å². The predicted molar refractivity (Wildman–Crippen MR) is 72.3 cm³/mol. The van der Waals surface area contributed by atoms with E-state index in [1.54, 1.807) is 0 Å². The fourth-order valence-corrected chi connectivity index (χ4v) is 2.13. The second kappa shape index (κ2) is 3.77. The van der Waals surface area contributed by atoms with Gasteiger partial charge in [-0.1, -0.05) is 24.3 Å². The largest absolute Gasteiger partial charge is 0.323 e. The molecule has 0 aliphatic heterocycles. The zero-order valence-electron chi connectivity index (χ0n) is 10.1. The van der Waals surface area contributed by atoms with E-state index in [4.69, 9.17) is 0 Å². The number of hydrogen-bond acceptors (Lipinski definition) is 0. The Labute approximate surface area is 101 Å². The van der Waals surface area contributed by atoms with Gasteiger partial charge in [-0.25, -0.2) is 0 Å². The number of benzene rings is 1. The average Bonchev–Trinajstić information content (AvgIpc) is 2.76. The normalized spacial score (nSPS) is 10.9. The first-order valence-corrected chi connectivity index (χ1v) is 5.88. The van der Waals surface area contributed by atoms with Crippen molar-refractivity contribution in [3.63, 3.8) is 0 Å². The summed E-state index contributed by atoms with van der Waals surface area (Å²) >= 11 is 0. The summed E-state index contributed by atoms with van der Waals surface area (Å²) in [6, 6.07) is 15.1. The third-order valence-electron chi connectivity index (χ3n) is 3.34. The molecular formula is C16H15N. The molecule has 0 atom stereocenters. The second-order valence-corrected chi connectivity index (χ2v) is 4.56. The lowest BCUT2D eigenvalue weighted by Gasteiger charge is -2.02. The number of aromatic nitrogens is 1. The fourth-order valence-electron chi connectivity index (χ4n) is 2.13. The Morgan fingerprint density at radius 2 is 1.71 bits per heavy atom. The predicted octanol–water partition coefficient (Wildman–Crippen LogP) is 4.22. The summed E-state index contributed by atoms with van der Waals surface area (Å²) in [5.41, 5.74) is 6.49. The summed E-state index contributed by atoms with van der Waals surface area (Å²) < 4.78 is 2.16. The Morgan fingerprint density at radius 3 is 2.47 bits per heavy atom. The number of fused-ring (bicyclic) bond motifs is 1. The van der Waals surface area contributed by atoms with E-state index in [9.17, 15) is 0 Å². The highest BCUT2D eigenvalue weighted by molar-refractivity contribution is 5.71. The lowest BCUT2D eigenvalue weighted by molar-refractivity contribution is 1.20. The molecule has 0 saturated heterocycles. The summed E-state index contributed by atoms with van der Waals surface area (Å²) in [7, 11) is 0. The van der Waals surface area contributed by atoms with Crippen molar-refractivity contribution in [3.05, 3.63) is 66.0 Å². The van der Waals surface area contributed by atoms with Gasteiger partial charge in [-0.2, -0.15) is 0 Å². The molecule has 84 valence electrons. The van der Waals surface area contributed by atoms with Crippen molar-refractivity contribution in [2.45, 2.75) is 13.8 Å². The van der Waals surface area contributed by atoms with Gasteiger partial charge >= 0.3 is 0 Å². The average molecular weight is 221 g/mol. The van der Waals surface area contributed by atoms with Gasteiger partial charge in [0.1, 0.15) is 0 Å². The molecular weight excluding hydrogens is 206 g/mol. The van der Waals surface area contributed by atoms with Crippen molar-refractivity contribution >= 4 is 5.52 Å². The first-order valence-electron chi connectivity index (χ1n) is 5.88. The quantitative estimate of drug-likeness (QED) is 0.579. The maximum Gasteiger partial charge on any atom is 0.0456 e. The number of nitrogens with zero attached hydrogens (tertiary/aromatic N) is 1. The van der Waals surface area contributed by atoms with E-state index in [1.807, 2.05) is 0 Å². The fraction of sp³-hybridized carbons (Fsp3) is 0.125. The SMILES string of the molecule is Cc1ccc(-c2cc3ccccn3c2)cc1C. The van der Waals surface area contributed by atoms with Crippen LogP contribution in [0.15, 0.2) is 54.9 Å². The van der Waals surface area contributed by atoms with Crippen LogP contribution in [0.2, 0.25) is 0 Å². The van der Waals surface area contributed by atoms with Crippen LogP contribution in [0.3, 0.4) is 0 Å². The standard InChI is InChI=1S/C16H15N/c1-12-6-7-14(9-13(12)2)15-10-16-5-3-4-8-17(16)11-15/h3-11H,1-2H3. The molecule has 0 aliphatic carbocycles. The van der Waals surface area contributed by atoms with Crippen LogP contribution in [0.4, 0.5) is 0 Å². The van der Waals surface area contributed by atoms with Crippen molar-refractivity contribution in [2.75, 3.05) is 0 Å². The van der Waals surface area contributed by atoms with Crippen molar-refractivity contribution in [3.8, 4) is 11.1 Å². The Balaban J connectivity index is 2.17. The highest BCUT2D eigenvalue weighted by atomic mass is 14.8. The van der Waals surface area contributed by atoms with Gasteiger partial charge < -0.3 is 4.40 Å². The van der Waals surface area contributed by atoms with E-state index < -0.39 is 0 Å². The molecule has 0 unspecified atom stereocenters. The number of rotatable bonds is 1. The molecule has 0 saturated carbocycles. The van der Waals surface area contributed by atoms with Gasteiger partial charge in [-0.05, 0) is 48.7 Å². The molecule has 0 fully saturated rings. The van der Waals surface area contributed by atoms with Crippen LogP contribution in [0.1, 0.15) is 11.1 Å². The molecule has 2 heterocycles. The summed E-state index contributed by atoms with van der Waals surface area (Å²) in [5.74, 6) is 0. The van der Waals surface area contributed by atoms with E-state index in [0.717, 1.165) is 0 Å². The third-order valence-corrected chi connectivity index (χ3v) is 3.34. The Morgan fingerprint density at radius 1 is 0.824 bits per heavy atom.